The molecule has 1 aromatic carbocycles. The second-order valence-corrected chi connectivity index (χ2v) is 5.97. The molecular formula is C17H19ClFN3O. The van der Waals surface area contributed by atoms with E-state index in [2.05, 4.69) is 4.98 Å². The van der Waals surface area contributed by atoms with Crippen molar-refractivity contribution < 1.29 is 9.18 Å². The molecule has 2 N–H and O–H groups in total. The summed E-state index contributed by atoms with van der Waals surface area (Å²) in [5.41, 5.74) is 6.94. The van der Waals surface area contributed by atoms with Crippen molar-refractivity contribution in [3.05, 3.63) is 58.5 Å². The average Bonchev–Trinajstić information content (AvgIpc) is 2.51. The van der Waals surface area contributed by atoms with Crippen molar-refractivity contribution in [1.82, 2.24) is 9.88 Å². The van der Waals surface area contributed by atoms with E-state index in [1.165, 1.54) is 24.4 Å². The number of benzene rings is 1. The van der Waals surface area contributed by atoms with Crippen molar-refractivity contribution in [2.24, 2.45) is 0 Å². The zero-order valence-electron chi connectivity index (χ0n) is 13.1. The monoisotopic (exact) mass is 335 g/mol. The number of anilines is 1. The Balaban J connectivity index is 2.12. The highest BCUT2D eigenvalue weighted by Gasteiger charge is 2.19. The number of amides is 1. The fourth-order valence-electron chi connectivity index (χ4n) is 2.23. The van der Waals surface area contributed by atoms with Gasteiger partial charge in [0.25, 0.3) is 5.91 Å². The number of rotatable bonds is 5. The van der Waals surface area contributed by atoms with E-state index in [-0.39, 0.29) is 28.6 Å². The van der Waals surface area contributed by atoms with Crippen LogP contribution in [0.15, 0.2) is 36.5 Å². The van der Waals surface area contributed by atoms with Gasteiger partial charge in [0.15, 0.2) is 0 Å². The molecule has 0 fully saturated rings. The summed E-state index contributed by atoms with van der Waals surface area (Å²) in [6.07, 6.45) is 2.07. The summed E-state index contributed by atoms with van der Waals surface area (Å²) in [7, 11) is 0. The number of aromatic nitrogens is 1. The van der Waals surface area contributed by atoms with E-state index in [0.29, 0.717) is 18.5 Å². The Hall–Kier alpha value is -2.14. The summed E-state index contributed by atoms with van der Waals surface area (Å²) >= 11 is 5.94. The predicted octanol–water partition coefficient (Wildman–Crippen LogP) is 3.55. The standard InChI is InChI=1S/C17H19ClFN3O/c1-11(2)22(8-7-12-3-5-14(19)6-4-12)17(23)13-9-15(18)16(20)21-10-13/h3-6,9-11H,7-8H2,1-2H3,(H2,20,21). The molecule has 0 saturated carbocycles. The zero-order chi connectivity index (χ0) is 17.0. The first-order valence-electron chi connectivity index (χ1n) is 7.35. The van der Waals surface area contributed by atoms with Gasteiger partial charge in [-0.2, -0.15) is 0 Å². The van der Waals surface area contributed by atoms with Crippen LogP contribution in [0.25, 0.3) is 0 Å². The Morgan fingerprint density at radius 3 is 2.57 bits per heavy atom. The molecule has 122 valence electrons. The summed E-state index contributed by atoms with van der Waals surface area (Å²) in [6, 6.07) is 7.82. The van der Waals surface area contributed by atoms with Crippen LogP contribution in [0.2, 0.25) is 5.02 Å². The largest absolute Gasteiger partial charge is 0.382 e. The molecule has 23 heavy (non-hydrogen) atoms. The van der Waals surface area contributed by atoms with Crippen molar-refractivity contribution in [3.8, 4) is 0 Å². The van der Waals surface area contributed by atoms with Gasteiger partial charge in [0.05, 0.1) is 10.6 Å². The highest BCUT2D eigenvalue weighted by Crippen LogP contribution is 2.19. The first kappa shape index (κ1) is 17.2. The first-order chi connectivity index (χ1) is 10.9. The van der Waals surface area contributed by atoms with Crippen LogP contribution in [0.3, 0.4) is 0 Å². The third kappa shape index (κ3) is 4.42. The van der Waals surface area contributed by atoms with Gasteiger partial charge in [-0.25, -0.2) is 9.37 Å². The van der Waals surface area contributed by atoms with Gasteiger partial charge in [0, 0.05) is 18.8 Å². The summed E-state index contributed by atoms with van der Waals surface area (Å²) in [6.45, 7) is 4.40. The number of hydrogen-bond acceptors (Lipinski definition) is 3. The molecule has 6 heteroatoms. The highest BCUT2D eigenvalue weighted by molar-refractivity contribution is 6.33. The summed E-state index contributed by atoms with van der Waals surface area (Å²) in [5, 5.41) is 0.262. The SMILES string of the molecule is CC(C)N(CCc1ccc(F)cc1)C(=O)c1cnc(N)c(Cl)c1. The maximum atomic E-state index is 12.9. The molecule has 0 spiro atoms. The molecule has 4 nitrogen and oxygen atoms in total. The fraction of sp³-hybridized carbons (Fsp3) is 0.294. The molecule has 1 heterocycles. The van der Waals surface area contributed by atoms with Crippen LogP contribution in [0.5, 0.6) is 0 Å². The highest BCUT2D eigenvalue weighted by atomic mass is 35.5. The summed E-state index contributed by atoms with van der Waals surface area (Å²) in [4.78, 5) is 18.3. The van der Waals surface area contributed by atoms with Gasteiger partial charge in [0.2, 0.25) is 0 Å². The summed E-state index contributed by atoms with van der Waals surface area (Å²) < 4.78 is 12.9. The van der Waals surface area contributed by atoms with Crippen LogP contribution >= 0.6 is 11.6 Å². The predicted molar refractivity (Wildman–Crippen MR) is 89.9 cm³/mol. The third-order valence-electron chi connectivity index (χ3n) is 3.56. The van der Waals surface area contributed by atoms with Gasteiger partial charge in [-0.05, 0) is 44.0 Å². The first-order valence-corrected chi connectivity index (χ1v) is 7.72. The Bertz CT molecular complexity index is 689. The molecule has 0 aliphatic heterocycles. The van der Waals surface area contributed by atoms with E-state index in [1.807, 2.05) is 13.8 Å². The van der Waals surface area contributed by atoms with Crippen LogP contribution < -0.4 is 5.73 Å². The lowest BCUT2D eigenvalue weighted by atomic mass is 10.1. The van der Waals surface area contributed by atoms with Crippen LogP contribution in [0, 0.1) is 5.82 Å². The molecule has 0 aliphatic rings. The van der Waals surface area contributed by atoms with E-state index in [1.54, 1.807) is 17.0 Å². The quantitative estimate of drug-likeness (QED) is 0.909. The van der Waals surface area contributed by atoms with Gasteiger partial charge < -0.3 is 10.6 Å². The number of carbonyl (C=O) groups excluding carboxylic acids is 1. The third-order valence-corrected chi connectivity index (χ3v) is 3.86. The van der Waals surface area contributed by atoms with E-state index in [4.69, 9.17) is 17.3 Å². The smallest absolute Gasteiger partial charge is 0.255 e. The number of carbonyl (C=O) groups is 1. The number of nitrogens with zero attached hydrogens (tertiary/aromatic N) is 2. The lowest BCUT2D eigenvalue weighted by molar-refractivity contribution is 0.0708. The lowest BCUT2D eigenvalue weighted by Gasteiger charge is -2.27. The molecule has 0 saturated heterocycles. The Labute approximate surface area is 140 Å². The molecule has 0 atom stereocenters. The Morgan fingerprint density at radius 2 is 2.00 bits per heavy atom. The minimum Gasteiger partial charge on any atom is -0.382 e. The van der Waals surface area contributed by atoms with Crippen molar-refractivity contribution >= 4 is 23.3 Å². The van der Waals surface area contributed by atoms with Gasteiger partial charge in [-0.15, -0.1) is 0 Å². The van der Waals surface area contributed by atoms with Crippen molar-refractivity contribution in [1.29, 1.82) is 0 Å². The lowest BCUT2D eigenvalue weighted by Crippen LogP contribution is -2.38. The Kier molecular flexibility index (Phi) is 5.55. The average molecular weight is 336 g/mol. The molecule has 0 aliphatic carbocycles. The van der Waals surface area contributed by atoms with Crippen LogP contribution in [0.4, 0.5) is 10.2 Å². The van der Waals surface area contributed by atoms with Crippen LogP contribution in [-0.2, 0) is 6.42 Å². The van der Waals surface area contributed by atoms with Crippen molar-refractivity contribution in [2.45, 2.75) is 26.3 Å². The van der Waals surface area contributed by atoms with Crippen LogP contribution in [0.1, 0.15) is 29.8 Å². The summed E-state index contributed by atoms with van der Waals surface area (Å²) in [5.74, 6) is -0.227. The normalized spacial score (nSPS) is 10.8. The molecule has 1 amide bonds. The molecule has 0 unspecified atom stereocenters. The van der Waals surface area contributed by atoms with Gasteiger partial charge in [-0.3, -0.25) is 4.79 Å². The van der Waals surface area contributed by atoms with E-state index in [9.17, 15) is 9.18 Å². The maximum Gasteiger partial charge on any atom is 0.255 e. The molecular weight excluding hydrogens is 317 g/mol. The molecule has 2 aromatic rings. The van der Waals surface area contributed by atoms with Crippen molar-refractivity contribution in [2.75, 3.05) is 12.3 Å². The van der Waals surface area contributed by atoms with Gasteiger partial charge in [-0.1, -0.05) is 23.7 Å². The number of halogens is 2. The van der Waals surface area contributed by atoms with Crippen LogP contribution in [-0.4, -0.2) is 28.4 Å². The van der Waals surface area contributed by atoms with E-state index < -0.39 is 0 Å². The number of nitrogen functional groups attached to an aromatic ring is 1. The van der Waals surface area contributed by atoms with Crippen molar-refractivity contribution in [3.63, 3.8) is 0 Å². The molecule has 0 radical (unpaired) electrons. The van der Waals surface area contributed by atoms with E-state index >= 15 is 0 Å². The van der Waals surface area contributed by atoms with E-state index in [0.717, 1.165) is 5.56 Å². The zero-order valence-corrected chi connectivity index (χ0v) is 13.8. The number of pyridine rings is 1. The fourth-order valence-corrected chi connectivity index (χ4v) is 2.39. The van der Waals surface area contributed by atoms with Gasteiger partial charge >= 0.3 is 0 Å². The number of hydrogen-bond donors (Lipinski definition) is 1. The Morgan fingerprint density at radius 1 is 1.35 bits per heavy atom. The topological polar surface area (TPSA) is 59.2 Å². The minimum atomic E-state index is -0.270. The molecule has 1 aromatic heterocycles. The number of nitrogens with two attached hydrogens (primary N) is 1. The van der Waals surface area contributed by atoms with Gasteiger partial charge in [0.1, 0.15) is 11.6 Å². The minimum absolute atomic E-state index is 0.0132. The maximum absolute atomic E-state index is 12.9. The second kappa shape index (κ2) is 7.42. The second-order valence-electron chi connectivity index (χ2n) is 5.56. The molecule has 2 rings (SSSR count). The molecule has 0 bridgehead atoms.